The maximum absolute atomic E-state index is 12.2. The molecular formula is C13H8BrNO3. The molecule has 90 valence electrons. The molecule has 2 aromatic rings. The number of nitrogens with zero attached hydrogens (tertiary/aromatic N) is 1. The van der Waals surface area contributed by atoms with Gasteiger partial charge in [-0.3, -0.25) is 4.79 Å². The van der Waals surface area contributed by atoms with Gasteiger partial charge in [-0.25, -0.2) is 0 Å². The Morgan fingerprint density at radius 3 is 2.44 bits per heavy atom. The van der Waals surface area contributed by atoms with Gasteiger partial charge in [-0.1, -0.05) is 30.3 Å². The zero-order chi connectivity index (χ0) is 13.1. The first-order chi connectivity index (χ1) is 8.63. The van der Waals surface area contributed by atoms with Gasteiger partial charge in [0.2, 0.25) is 0 Å². The molecule has 0 saturated heterocycles. The number of hydrogen-bond donors (Lipinski definition) is 1. The summed E-state index contributed by atoms with van der Waals surface area (Å²) in [6.45, 7) is 0. The van der Waals surface area contributed by atoms with Crippen molar-refractivity contribution in [3.8, 4) is 5.75 Å². The lowest BCUT2D eigenvalue weighted by Crippen LogP contribution is -2.01. The number of rotatable bonds is 3. The van der Waals surface area contributed by atoms with Gasteiger partial charge in [0.05, 0.1) is 10.0 Å². The maximum atomic E-state index is 12.2. The van der Waals surface area contributed by atoms with Crippen LogP contribution in [0.3, 0.4) is 0 Å². The standard InChI is InChI=1S/C13H8BrNO3/c14-10-7-11(15-18)9(6-12(10)16)13(17)8-4-2-1-3-5-8/h1-7,16H. The second kappa shape index (κ2) is 5.10. The molecule has 0 atom stereocenters. The normalized spacial score (nSPS) is 10.1. The highest BCUT2D eigenvalue weighted by atomic mass is 79.9. The number of ketones is 1. The highest BCUT2D eigenvalue weighted by molar-refractivity contribution is 9.10. The molecule has 4 nitrogen and oxygen atoms in total. The summed E-state index contributed by atoms with van der Waals surface area (Å²) in [5.41, 5.74) is 0.509. The minimum absolute atomic E-state index is 0.00599. The van der Waals surface area contributed by atoms with Crippen LogP contribution in [0, 0.1) is 4.91 Å². The first kappa shape index (κ1) is 12.4. The lowest BCUT2D eigenvalue weighted by Gasteiger charge is -2.05. The molecule has 0 spiro atoms. The van der Waals surface area contributed by atoms with E-state index in [1.54, 1.807) is 30.3 Å². The van der Waals surface area contributed by atoms with E-state index in [1.165, 1.54) is 12.1 Å². The predicted molar refractivity (Wildman–Crippen MR) is 71.1 cm³/mol. The predicted octanol–water partition coefficient (Wildman–Crippen LogP) is 3.78. The lowest BCUT2D eigenvalue weighted by molar-refractivity contribution is 0.103. The van der Waals surface area contributed by atoms with E-state index in [4.69, 9.17) is 0 Å². The van der Waals surface area contributed by atoms with Crippen molar-refractivity contribution in [2.24, 2.45) is 5.18 Å². The molecule has 0 bridgehead atoms. The molecule has 0 aromatic heterocycles. The fourth-order valence-corrected chi connectivity index (χ4v) is 1.89. The molecule has 5 heteroatoms. The first-order valence-corrected chi connectivity index (χ1v) is 5.88. The Morgan fingerprint density at radius 2 is 1.83 bits per heavy atom. The average Bonchev–Trinajstić information content (AvgIpc) is 2.41. The van der Waals surface area contributed by atoms with Crippen LogP contribution in [0.1, 0.15) is 15.9 Å². The molecule has 0 heterocycles. The monoisotopic (exact) mass is 305 g/mol. The lowest BCUT2D eigenvalue weighted by atomic mass is 10.0. The highest BCUT2D eigenvalue weighted by Crippen LogP contribution is 2.33. The Kier molecular flexibility index (Phi) is 3.53. The van der Waals surface area contributed by atoms with Crippen molar-refractivity contribution in [3.05, 3.63) is 63.0 Å². The molecule has 0 aliphatic carbocycles. The highest BCUT2D eigenvalue weighted by Gasteiger charge is 2.16. The van der Waals surface area contributed by atoms with Crippen LogP contribution in [0.4, 0.5) is 5.69 Å². The molecule has 2 aromatic carbocycles. The Labute approximate surface area is 111 Å². The summed E-state index contributed by atoms with van der Waals surface area (Å²) in [4.78, 5) is 22.9. The number of nitroso groups, excluding NO2 is 1. The van der Waals surface area contributed by atoms with Crippen LogP contribution < -0.4 is 0 Å². The van der Waals surface area contributed by atoms with Gasteiger partial charge in [0.1, 0.15) is 11.4 Å². The van der Waals surface area contributed by atoms with Crippen molar-refractivity contribution in [1.29, 1.82) is 0 Å². The van der Waals surface area contributed by atoms with Gasteiger partial charge in [-0.2, -0.15) is 0 Å². The zero-order valence-electron chi connectivity index (χ0n) is 9.13. The van der Waals surface area contributed by atoms with E-state index < -0.39 is 0 Å². The van der Waals surface area contributed by atoms with Crippen LogP contribution in [0.2, 0.25) is 0 Å². The molecule has 0 unspecified atom stereocenters. The minimum Gasteiger partial charge on any atom is -0.507 e. The van der Waals surface area contributed by atoms with Gasteiger partial charge in [0.15, 0.2) is 5.78 Å². The summed E-state index contributed by atoms with van der Waals surface area (Å²) in [5, 5.41) is 12.4. The Morgan fingerprint density at radius 1 is 1.17 bits per heavy atom. The van der Waals surface area contributed by atoms with E-state index in [-0.39, 0.29) is 22.8 Å². The second-order valence-electron chi connectivity index (χ2n) is 3.61. The number of hydrogen-bond acceptors (Lipinski definition) is 4. The van der Waals surface area contributed by atoms with Crippen LogP contribution in [0.15, 0.2) is 52.1 Å². The van der Waals surface area contributed by atoms with Gasteiger partial charge in [0.25, 0.3) is 0 Å². The third-order valence-corrected chi connectivity index (χ3v) is 3.08. The number of phenolic OH excluding ortho intramolecular Hbond substituents is 1. The maximum Gasteiger partial charge on any atom is 0.195 e. The topological polar surface area (TPSA) is 66.7 Å². The van der Waals surface area contributed by atoms with Gasteiger partial charge in [-0.15, -0.1) is 4.91 Å². The van der Waals surface area contributed by atoms with Crippen molar-refractivity contribution >= 4 is 27.4 Å². The molecule has 0 aliphatic heterocycles. The molecular weight excluding hydrogens is 298 g/mol. The van der Waals surface area contributed by atoms with Crippen LogP contribution in [-0.4, -0.2) is 10.9 Å². The third-order valence-electron chi connectivity index (χ3n) is 2.44. The SMILES string of the molecule is O=Nc1cc(Br)c(O)cc1C(=O)c1ccccc1. The molecule has 0 saturated carbocycles. The Bertz CT molecular complexity index is 611. The van der Waals surface area contributed by atoms with Crippen molar-refractivity contribution in [2.75, 3.05) is 0 Å². The zero-order valence-corrected chi connectivity index (χ0v) is 10.7. The van der Waals surface area contributed by atoms with E-state index in [2.05, 4.69) is 21.1 Å². The van der Waals surface area contributed by atoms with E-state index in [0.29, 0.717) is 10.0 Å². The van der Waals surface area contributed by atoms with Crippen molar-refractivity contribution in [2.45, 2.75) is 0 Å². The van der Waals surface area contributed by atoms with Crippen LogP contribution in [0.25, 0.3) is 0 Å². The first-order valence-electron chi connectivity index (χ1n) is 5.09. The number of benzene rings is 2. The van der Waals surface area contributed by atoms with E-state index in [9.17, 15) is 14.8 Å². The molecule has 0 amide bonds. The Balaban J connectivity index is 2.54. The molecule has 18 heavy (non-hydrogen) atoms. The van der Waals surface area contributed by atoms with Crippen molar-refractivity contribution < 1.29 is 9.90 Å². The quantitative estimate of drug-likeness (QED) is 0.693. The van der Waals surface area contributed by atoms with Gasteiger partial charge < -0.3 is 5.11 Å². The summed E-state index contributed by atoms with van der Waals surface area (Å²) in [7, 11) is 0. The molecule has 1 N–H and O–H groups in total. The summed E-state index contributed by atoms with van der Waals surface area (Å²) in [6, 6.07) is 11.1. The van der Waals surface area contributed by atoms with Gasteiger partial charge in [0, 0.05) is 5.56 Å². The summed E-state index contributed by atoms with van der Waals surface area (Å²) < 4.78 is 0.321. The number of aromatic hydroxyl groups is 1. The fourth-order valence-electron chi connectivity index (χ4n) is 1.55. The summed E-state index contributed by atoms with van der Waals surface area (Å²) in [5.74, 6) is -0.463. The van der Waals surface area contributed by atoms with E-state index in [1.807, 2.05) is 0 Å². The molecule has 0 fully saturated rings. The number of phenols is 1. The average molecular weight is 306 g/mol. The van der Waals surface area contributed by atoms with Crippen molar-refractivity contribution in [1.82, 2.24) is 0 Å². The summed E-state index contributed by atoms with van der Waals surface area (Å²) >= 11 is 3.07. The largest absolute Gasteiger partial charge is 0.507 e. The van der Waals surface area contributed by atoms with Gasteiger partial charge in [-0.05, 0) is 33.2 Å². The van der Waals surface area contributed by atoms with E-state index in [0.717, 1.165) is 0 Å². The second-order valence-corrected chi connectivity index (χ2v) is 4.46. The van der Waals surface area contributed by atoms with Gasteiger partial charge >= 0.3 is 0 Å². The van der Waals surface area contributed by atoms with Crippen LogP contribution >= 0.6 is 15.9 Å². The smallest absolute Gasteiger partial charge is 0.195 e. The van der Waals surface area contributed by atoms with Crippen LogP contribution in [-0.2, 0) is 0 Å². The molecule has 2 rings (SSSR count). The molecule has 0 aliphatic rings. The van der Waals surface area contributed by atoms with Crippen LogP contribution in [0.5, 0.6) is 5.75 Å². The molecule has 0 radical (unpaired) electrons. The number of carbonyl (C=O) groups excluding carboxylic acids is 1. The Hall–Kier alpha value is -2.01. The van der Waals surface area contributed by atoms with E-state index >= 15 is 0 Å². The number of carbonyl (C=O) groups is 1. The third kappa shape index (κ3) is 2.31. The van der Waals surface area contributed by atoms with Crippen molar-refractivity contribution in [3.63, 3.8) is 0 Å². The number of halogens is 1. The summed E-state index contributed by atoms with van der Waals surface area (Å²) in [6.07, 6.45) is 0. The minimum atomic E-state index is -0.354. The fraction of sp³-hybridized carbons (Fsp3) is 0.